The molecular weight excluding hydrogens is 347 g/mol. The van der Waals surface area contributed by atoms with E-state index < -0.39 is 0 Å². The molecule has 6 nitrogen and oxygen atoms in total. The van der Waals surface area contributed by atoms with E-state index in [1.807, 2.05) is 31.1 Å². The number of nitrogens with zero attached hydrogens (tertiary/aromatic N) is 3. The molecule has 0 aliphatic carbocycles. The molecule has 0 radical (unpaired) electrons. The third kappa shape index (κ3) is 4.38. The van der Waals surface area contributed by atoms with Crippen LogP contribution in [0.1, 0.15) is 11.6 Å². The van der Waals surface area contributed by atoms with Crippen LogP contribution < -0.4 is 10.9 Å². The molecule has 3 rings (SSSR count). The average Bonchev–Trinajstić information content (AvgIpc) is 2.64. The molecule has 1 unspecified atom stereocenters. The van der Waals surface area contributed by atoms with Gasteiger partial charge in [-0.3, -0.25) is 9.59 Å². The number of amides is 1. The largest absolute Gasteiger partial charge is 0.353 e. The molecule has 1 heterocycles. The Bertz CT molecular complexity index is 1020. The zero-order chi connectivity index (χ0) is 19.4. The highest BCUT2D eigenvalue weighted by Crippen LogP contribution is 2.18. The van der Waals surface area contributed by atoms with E-state index >= 15 is 0 Å². The average molecular weight is 368 g/mol. The molecule has 7 heteroatoms. The maximum absolute atomic E-state index is 13.5. The van der Waals surface area contributed by atoms with Crippen LogP contribution >= 0.6 is 0 Å². The maximum Gasteiger partial charge on any atom is 0.275 e. The molecule has 0 aliphatic heterocycles. The molecule has 140 valence electrons. The van der Waals surface area contributed by atoms with Crippen molar-refractivity contribution in [1.29, 1.82) is 0 Å². The summed E-state index contributed by atoms with van der Waals surface area (Å²) in [6.45, 7) is 0.116. The van der Waals surface area contributed by atoms with Crippen molar-refractivity contribution >= 4 is 16.7 Å². The van der Waals surface area contributed by atoms with Crippen LogP contribution in [0.15, 0.2) is 59.5 Å². The smallest absolute Gasteiger partial charge is 0.275 e. The first-order valence-electron chi connectivity index (χ1n) is 8.59. The van der Waals surface area contributed by atoms with E-state index in [0.717, 1.165) is 15.6 Å². The Morgan fingerprint density at radius 2 is 2.00 bits per heavy atom. The molecule has 1 aromatic heterocycles. The van der Waals surface area contributed by atoms with Gasteiger partial charge in [-0.05, 0) is 37.9 Å². The lowest BCUT2D eigenvalue weighted by molar-refractivity contribution is -0.122. The topological polar surface area (TPSA) is 67.2 Å². The summed E-state index contributed by atoms with van der Waals surface area (Å²) in [5, 5.41) is 8.12. The summed E-state index contributed by atoms with van der Waals surface area (Å²) < 4.78 is 14.6. The van der Waals surface area contributed by atoms with Gasteiger partial charge in [-0.15, -0.1) is 0 Å². The highest BCUT2D eigenvalue weighted by molar-refractivity contribution is 5.81. The van der Waals surface area contributed by atoms with E-state index in [1.165, 1.54) is 12.1 Å². The fourth-order valence-corrected chi connectivity index (χ4v) is 2.96. The lowest BCUT2D eigenvalue weighted by atomic mass is 10.1. The Balaban J connectivity index is 1.70. The van der Waals surface area contributed by atoms with E-state index in [0.29, 0.717) is 5.39 Å². The summed E-state index contributed by atoms with van der Waals surface area (Å²) in [6.07, 6.45) is 1.57. The first kappa shape index (κ1) is 18.7. The summed E-state index contributed by atoms with van der Waals surface area (Å²) in [5.74, 6) is -0.652. The summed E-state index contributed by atoms with van der Waals surface area (Å²) in [5.41, 5.74) is 0.457. The number of rotatable bonds is 6. The van der Waals surface area contributed by atoms with Gasteiger partial charge in [0.15, 0.2) is 0 Å². The van der Waals surface area contributed by atoms with Crippen LogP contribution in [0.2, 0.25) is 0 Å². The summed E-state index contributed by atoms with van der Waals surface area (Å²) >= 11 is 0. The number of carbonyl (C=O) groups is 1. The van der Waals surface area contributed by atoms with Crippen LogP contribution in [0.3, 0.4) is 0 Å². The number of nitrogens with one attached hydrogen (secondary N) is 1. The van der Waals surface area contributed by atoms with Crippen LogP contribution in [0.4, 0.5) is 4.39 Å². The van der Waals surface area contributed by atoms with Gasteiger partial charge >= 0.3 is 0 Å². The number of hydrogen-bond acceptors (Lipinski definition) is 4. The predicted molar refractivity (Wildman–Crippen MR) is 102 cm³/mol. The van der Waals surface area contributed by atoms with Crippen molar-refractivity contribution in [2.75, 3.05) is 20.6 Å². The van der Waals surface area contributed by atoms with Gasteiger partial charge < -0.3 is 10.2 Å². The minimum absolute atomic E-state index is 0.174. The quantitative estimate of drug-likeness (QED) is 0.722. The van der Waals surface area contributed by atoms with Gasteiger partial charge in [0, 0.05) is 11.9 Å². The number of halogens is 1. The minimum atomic E-state index is -0.330. The van der Waals surface area contributed by atoms with Gasteiger partial charge in [0.2, 0.25) is 5.91 Å². The van der Waals surface area contributed by atoms with Crippen LogP contribution in [0.25, 0.3) is 10.8 Å². The second-order valence-electron chi connectivity index (χ2n) is 6.53. The van der Waals surface area contributed by atoms with Crippen molar-refractivity contribution < 1.29 is 9.18 Å². The molecule has 0 bridgehead atoms. The number of carbonyl (C=O) groups excluding carboxylic acids is 1. The van der Waals surface area contributed by atoms with Gasteiger partial charge in [0.1, 0.15) is 12.4 Å². The molecule has 2 aromatic carbocycles. The lowest BCUT2D eigenvalue weighted by Gasteiger charge is -2.25. The SMILES string of the molecule is CN(C)C(CNC(=O)Cn1ncc2ccccc2c1=O)c1cccc(F)c1. The zero-order valence-corrected chi connectivity index (χ0v) is 15.2. The summed E-state index contributed by atoms with van der Waals surface area (Å²) in [4.78, 5) is 26.7. The second kappa shape index (κ2) is 8.09. The number of aromatic nitrogens is 2. The number of benzene rings is 2. The fraction of sp³-hybridized carbons (Fsp3) is 0.250. The number of hydrogen-bond donors (Lipinski definition) is 1. The number of fused-ring (bicyclic) bond motifs is 1. The van der Waals surface area contributed by atoms with Crippen molar-refractivity contribution in [3.05, 3.63) is 76.5 Å². The molecular formula is C20H21FN4O2. The van der Waals surface area contributed by atoms with Gasteiger partial charge in [0.25, 0.3) is 5.56 Å². The highest BCUT2D eigenvalue weighted by Gasteiger charge is 2.16. The van der Waals surface area contributed by atoms with Crippen molar-refractivity contribution in [2.24, 2.45) is 0 Å². The van der Waals surface area contributed by atoms with Crippen molar-refractivity contribution in [3.8, 4) is 0 Å². The zero-order valence-electron chi connectivity index (χ0n) is 15.2. The third-order valence-electron chi connectivity index (χ3n) is 4.40. The molecule has 1 atom stereocenters. The Hall–Kier alpha value is -3.06. The standard InChI is InChI=1S/C20H21FN4O2/c1-24(2)18(14-7-5-8-16(21)10-14)12-22-19(26)13-25-20(27)17-9-4-3-6-15(17)11-23-25/h3-11,18H,12-13H2,1-2H3,(H,22,26). The minimum Gasteiger partial charge on any atom is -0.353 e. The van der Waals surface area contributed by atoms with E-state index in [-0.39, 0.29) is 36.4 Å². The molecule has 0 aliphatic rings. The molecule has 0 fully saturated rings. The van der Waals surface area contributed by atoms with E-state index in [1.54, 1.807) is 30.5 Å². The van der Waals surface area contributed by atoms with Gasteiger partial charge in [-0.1, -0.05) is 30.3 Å². The van der Waals surface area contributed by atoms with Crippen molar-refractivity contribution in [2.45, 2.75) is 12.6 Å². The maximum atomic E-state index is 13.5. The lowest BCUT2D eigenvalue weighted by Crippen LogP contribution is -2.38. The van der Waals surface area contributed by atoms with E-state index in [4.69, 9.17) is 0 Å². The molecule has 0 saturated carbocycles. The first-order chi connectivity index (χ1) is 13.0. The van der Waals surface area contributed by atoms with Crippen LogP contribution in [-0.2, 0) is 11.3 Å². The first-order valence-corrected chi connectivity index (χ1v) is 8.59. The number of likely N-dealkylation sites (N-methyl/N-ethyl adjacent to an activating group) is 1. The highest BCUT2D eigenvalue weighted by atomic mass is 19.1. The molecule has 0 saturated heterocycles. The van der Waals surface area contributed by atoms with Crippen molar-refractivity contribution in [1.82, 2.24) is 20.0 Å². The molecule has 0 spiro atoms. The van der Waals surface area contributed by atoms with Crippen LogP contribution in [0.5, 0.6) is 0 Å². The normalized spacial score (nSPS) is 12.3. The molecule has 3 aromatic rings. The third-order valence-corrected chi connectivity index (χ3v) is 4.40. The second-order valence-corrected chi connectivity index (χ2v) is 6.53. The van der Waals surface area contributed by atoms with Crippen molar-refractivity contribution in [3.63, 3.8) is 0 Å². The fourth-order valence-electron chi connectivity index (χ4n) is 2.96. The molecule has 1 amide bonds. The van der Waals surface area contributed by atoms with Gasteiger partial charge in [-0.2, -0.15) is 5.10 Å². The Morgan fingerprint density at radius 1 is 1.22 bits per heavy atom. The van der Waals surface area contributed by atoms with E-state index in [2.05, 4.69) is 10.4 Å². The Labute approximate surface area is 156 Å². The predicted octanol–water partition coefficient (Wildman–Crippen LogP) is 1.95. The van der Waals surface area contributed by atoms with Crippen LogP contribution in [-0.4, -0.2) is 41.2 Å². The van der Waals surface area contributed by atoms with Gasteiger partial charge in [-0.25, -0.2) is 9.07 Å². The summed E-state index contributed by atoms with van der Waals surface area (Å²) in [7, 11) is 3.72. The monoisotopic (exact) mass is 368 g/mol. The van der Waals surface area contributed by atoms with Gasteiger partial charge in [0.05, 0.1) is 17.6 Å². The van der Waals surface area contributed by atoms with Crippen LogP contribution in [0, 0.1) is 5.82 Å². The Morgan fingerprint density at radius 3 is 2.74 bits per heavy atom. The molecule has 27 heavy (non-hydrogen) atoms. The molecule has 1 N–H and O–H groups in total. The van der Waals surface area contributed by atoms with E-state index in [9.17, 15) is 14.0 Å². The summed E-state index contributed by atoms with van der Waals surface area (Å²) in [6, 6.07) is 13.2. The Kier molecular flexibility index (Phi) is 5.61.